The van der Waals surface area contributed by atoms with Crippen LogP contribution in [0.2, 0.25) is 0 Å². The summed E-state index contributed by atoms with van der Waals surface area (Å²) in [5, 5.41) is 9.82. The van der Waals surface area contributed by atoms with Crippen LogP contribution >= 0.6 is 11.3 Å². The van der Waals surface area contributed by atoms with Crippen LogP contribution in [0.4, 0.5) is 0 Å². The van der Waals surface area contributed by atoms with Crippen molar-refractivity contribution in [1.29, 1.82) is 0 Å². The highest BCUT2D eigenvalue weighted by atomic mass is 32.1. The lowest BCUT2D eigenvalue weighted by molar-refractivity contribution is -0.131. The molecule has 3 aromatic heterocycles. The second kappa shape index (κ2) is 6.50. The molecule has 0 aliphatic heterocycles. The Morgan fingerprint density at radius 1 is 1.17 bits per heavy atom. The highest BCUT2D eigenvalue weighted by molar-refractivity contribution is 7.16. The van der Waals surface area contributed by atoms with E-state index in [9.17, 15) is 4.79 Å². The summed E-state index contributed by atoms with van der Waals surface area (Å²) >= 11 is 1.45. The van der Waals surface area contributed by atoms with Gasteiger partial charge in [0.05, 0.1) is 10.6 Å². The van der Waals surface area contributed by atoms with E-state index in [2.05, 4.69) is 15.0 Å². The largest absolute Gasteiger partial charge is 0.478 e. The lowest BCUT2D eigenvalue weighted by Gasteiger charge is -2.00. The molecule has 0 unspecified atom stereocenters. The fourth-order valence-electron chi connectivity index (χ4n) is 2.13. The quantitative estimate of drug-likeness (QED) is 0.740. The molecule has 3 heterocycles. The second-order valence-corrected chi connectivity index (χ2v) is 5.81. The minimum absolute atomic E-state index is 0.649. The van der Waals surface area contributed by atoms with Crippen molar-refractivity contribution in [2.75, 3.05) is 0 Å². The van der Waals surface area contributed by atoms with Gasteiger partial charge in [0.15, 0.2) is 0 Å². The van der Waals surface area contributed by atoms with Crippen LogP contribution in [0.15, 0.2) is 55.0 Å². The third-order valence-corrected chi connectivity index (χ3v) is 4.40. The van der Waals surface area contributed by atoms with Crippen LogP contribution in [0.1, 0.15) is 11.8 Å². The summed E-state index contributed by atoms with van der Waals surface area (Å²) in [6, 6.07) is 9.33. The summed E-state index contributed by atoms with van der Waals surface area (Å²) in [7, 11) is 0. The van der Waals surface area contributed by atoms with Crippen LogP contribution < -0.4 is 0 Å². The normalized spacial score (nSPS) is 11.4. The van der Waals surface area contributed by atoms with Gasteiger partial charge in [-0.15, -0.1) is 11.3 Å². The van der Waals surface area contributed by atoms with Gasteiger partial charge in [0.1, 0.15) is 10.7 Å². The molecule has 1 N–H and O–H groups in total. The number of carbonyl (C=O) groups is 1. The molecule has 114 valence electrons. The van der Waals surface area contributed by atoms with E-state index in [1.165, 1.54) is 17.4 Å². The molecule has 0 atom stereocenters. The van der Waals surface area contributed by atoms with Crippen LogP contribution in [0.25, 0.3) is 27.5 Å². The molecule has 0 saturated carbocycles. The molecule has 0 bridgehead atoms. The van der Waals surface area contributed by atoms with E-state index < -0.39 is 5.97 Å². The summed E-state index contributed by atoms with van der Waals surface area (Å²) in [5.74, 6) is -0.978. The standard InChI is InChI=1S/C17H13N3O2S/c1-11(10-14(21)22)16-15(13-4-2-3-7-19-13)20-17(23-16)12-5-8-18-9-6-12/h2-10H,1H3,(H,21,22)/b11-10+. The number of carboxylic acids is 1. The van der Waals surface area contributed by atoms with Gasteiger partial charge in [-0.3, -0.25) is 9.97 Å². The van der Waals surface area contributed by atoms with Crippen LogP contribution in [0.3, 0.4) is 0 Å². The van der Waals surface area contributed by atoms with Gasteiger partial charge in [-0.1, -0.05) is 6.07 Å². The van der Waals surface area contributed by atoms with E-state index in [0.29, 0.717) is 11.3 Å². The van der Waals surface area contributed by atoms with E-state index >= 15 is 0 Å². The fourth-order valence-corrected chi connectivity index (χ4v) is 3.18. The van der Waals surface area contributed by atoms with Crippen molar-refractivity contribution in [3.63, 3.8) is 0 Å². The van der Waals surface area contributed by atoms with Gasteiger partial charge in [-0.2, -0.15) is 0 Å². The lowest BCUT2D eigenvalue weighted by Crippen LogP contribution is -1.91. The Morgan fingerprint density at radius 2 is 1.96 bits per heavy atom. The molecule has 3 aromatic rings. The van der Waals surface area contributed by atoms with Crippen LogP contribution in [0.5, 0.6) is 0 Å². The Hall–Kier alpha value is -2.86. The smallest absolute Gasteiger partial charge is 0.328 e. The number of allylic oxidation sites excluding steroid dienone is 1. The van der Waals surface area contributed by atoms with Gasteiger partial charge in [0, 0.05) is 30.2 Å². The number of pyridine rings is 2. The first-order valence-electron chi connectivity index (χ1n) is 6.89. The fraction of sp³-hybridized carbons (Fsp3) is 0.0588. The second-order valence-electron chi connectivity index (χ2n) is 4.81. The van der Waals surface area contributed by atoms with E-state index in [1.54, 1.807) is 25.5 Å². The SMILES string of the molecule is C/C(=C\C(=O)O)c1sc(-c2ccncc2)nc1-c1ccccn1. The molecule has 3 rings (SSSR count). The zero-order chi connectivity index (χ0) is 16.2. The number of carboxylic acid groups (broad SMARTS) is 1. The van der Waals surface area contributed by atoms with Gasteiger partial charge >= 0.3 is 5.97 Å². The molecule has 0 radical (unpaired) electrons. The predicted octanol–water partition coefficient (Wildman–Crippen LogP) is 3.76. The van der Waals surface area contributed by atoms with Gasteiger partial charge in [-0.25, -0.2) is 9.78 Å². The van der Waals surface area contributed by atoms with Crippen LogP contribution in [-0.2, 0) is 4.79 Å². The number of rotatable bonds is 4. The maximum atomic E-state index is 11.0. The number of aliphatic carboxylic acids is 1. The Labute approximate surface area is 137 Å². The van der Waals surface area contributed by atoms with Gasteiger partial charge in [-0.05, 0) is 36.8 Å². The number of aromatic nitrogens is 3. The highest BCUT2D eigenvalue weighted by Gasteiger charge is 2.17. The number of hydrogen-bond acceptors (Lipinski definition) is 5. The van der Waals surface area contributed by atoms with Crippen molar-refractivity contribution >= 4 is 22.9 Å². The van der Waals surface area contributed by atoms with Crippen molar-refractivity contribution in [2.24, 2.45) is 0 Å². The Balaban J connectivity index is 2.17. The van der Waals surface area contributed by atoms with Crippen molar-refractivity contribution in [3.05, 3.63) is 59.9 Å². The highest BCUT2D eigenvalue weighted by Crippen LogP contribution is 2.36. The zero-order valence-electron chi connectivity index (χ0n) is 12.3. The van der Waals surface area contributed by atoms with Crippen molar-refractivity contribution < 1.29 is 9.90 Å². The number of thiazole rings is 1. The molecule has 0 saturated heterocycles. The van der Waals surface area contributed by atoms with Crippen LogP contribution in [-0.4, -0.2) is 26.0 Å². The van der Waals surface area contributed by atoms with Crippen molar-refractivity contribution in [3.8, 4) is 22.0 Å². The number of nitrogens with zero attached hydrogens (tertiary/aromatic N) is 3. The molecule has 0 aliphatic rings. The molecule has 0 aliphatic carbocycles. The van der Waals surface area contributed by atoms with Gasteiger partial charge < -0.3 is 5.11 Å². The number of hydrogen-bond donors (Lipinski definition) is 1. The molecule has 23 heavy (non-hydrogen) atoms. The molecule has 0 amide bonds. The molecular formula is C17H13N3O2S. The van der Waals surface area contributed by atoms with Crippen LogP contribution in [0, 0.1) is 0 Å². The first-order valence-corrected chi connectivity index (χ1v) is 7.71. The monoisotopic (exact) mass is 323 g/mol. The topological polar surface area (TPSA) is 76.0 Å². The average molecular weight is 323 g/mol. The Kier molecular flexibility index (Phi) is 4.25. The zero-order valence-corrected chi connectivity index (χ0v) is 13.1. The maximum absolute atomic E-state index is 11.0. The Bertz CT molecular complexity index is 858. The summed E-state index contributed by atoms with van der Waals surface area (Å²) < 4.78 is 0. The minimum Gasteiger partial charge on any atom is -0.478 e. The molecule has 0 aromatic carbocycles. The molecule has 0 spiro atoms. The summed E-state index contributed by atoms with van der Waals surface area (Å²) in [6.07, 6.45) is 6.30. The van der Waals surface area contributed by atoms with Crippen molar-refractivity contribution in [1.82, 2.24) is 15.0 Å². The van der Waals surface area contributed by atoms with E-state index in [4.69, 9.17) is 5.11 Å². The summed E-state index contributed by atoms with van der Waals surface area (Å²) in [6.45, 7) is 1.77. The first kappa shape index (κ1) is 15.1. The summed E-state index contributed by atoms with van der Waals surface area (Å²) in [4.78, 5) is 24.8. The third-order valence-electron chi connectivity index (χ3n) is 3.16. The predicted molar refractivity (Wildman–Crippen MR) is 89.9 cm³/mol. The average Bonchev–Trinajstić information content (AvgIpc) is 3.01. The van der Waals surface area contributed by atoms with E-state index in [-0.39, 0.29) is 0 Å². The van der Waals surface area contributed by atoms with Gasteiger partial charge in [0.25, 0.3) is 0 Å². The molecule has 6 heteroatoms. The summed E-state index contributed by atoms with van der Waals surface area (Å²) in [5.41, 5.74) is 3.00. The third kappa shape index (κ3) is 3.32. The minimum atomic E-state index is -0.978. The molecular weight excluding hydrogens is 310 g/mol. The lowest BCUT2D eigenvalue weighted by atomic mass is 10.1. The van der Waals surface area contributed by atoms with Gasteiger partial charge in [0.2, 0.25) is 0 Å². The Morgan fingerprint density at radius 3 is 2.61 bits per heavy atom. The maximum Gasteiger partial charge on any atom is 0.328 e. The first-order chi connectivity index (χ1) is 11.1. The molecule has 5 nitrogen and oxygen atoms in total. The van der Waals surface area contributed by atoms with E-state index in [0.717, 1.165) is 21.1 Å². The molecule has 0 fully saturated rings. The van der Waals surface area contributed by atoms with Crippen molar-refractivity contribution in [2.45, 2.75) is 6.92 Å². The van der Waals surface area contributed by atoms with E-state index in [1.807, 2.05) is 30.3 Å².